The first-order valence-corrected chi connectivity index (χ1v) is 9.37. The van der Waals surface area contributed by atoms with Gasteiger partial charge in [0.05, 0.1) is 25.1 Å². The predicted molar refractivity (Wildman–Crippen MR) is 107 cm³/mol. The molecule has 4 aromatic rings. The largest absolute Gasteiger partial charge is 0.308 e. The van der Waals surface area contributed by atoms with Crippen molar-refractivity contribution >= 4 is 16.9 Å². The van der Waals surface area contributed by atoms with Crippen LogP contribution in [0.2, 0.25) is 0 Å². The lowest BCUT2D eigenvalue weighted by Crippen LogP contribution is -2.36. The quantitative estimate of drug-likeness (QED) is 0.599. The Hall–Kier alpha value is -3.38. The molecule has 0 amide bonds. The van der Waals surface area contributed by atoms with Crippen molar-refractivity contribution in [3.63, 3.8) is 0 Å². The van der Waals surface area contributed by atoms with Gasteiger partial charge in [0.2, 0.25) is 0 Å². The van der Waals surface area contributed by atoms with Crippen LogP contribution in [0.5, 0.6) is 0 Å². The summed E-state index contributed by atoms with van der Waals surface area (Å²) >= 11 is 0. The Bertz CT molecular complexity index is 1150. The zero-order chi connectivity index (χ0) is 18.9. The molecule has 3 heterocycles. The maximum Gasteiger partial charge on any atom is 0.173 e. The summed E-state index contributed by atoms with van der Waals surface area (Å²) < 4.78 is 1.81. The van der Waals surface area contributed by atoms with Crippen molar-refractivity contribution in [1.82, 2.24) is 24.8 Å². The van der Waals surface area contributed by atoms with E-state index < -0.39 is 0 Å². The van der Waals surface area contributed by atoms with Crippen LogP contribution in [0, 0.1) is 0 Å². The molecule has 2 aromatic heterocycles. The molecule has 0 radical (unpaired) electrons. The van der Waals surface area contributed by atoms with Crippen molar-refractivity contribution in [3.8, 4) is 11.4 Å². The van der Waals surface area contributed by atoms with Crippen LogP contribution in [0.25, 0.3) is 22.6 Å². The van der Waals surface area contributed by atoms with Gasteiger partial charge in [-0.25, -0.2) is 15.0 Å². The van der Waals surface area contributed by atoms with E-state index >= 15 is 0 Å². The van der Waals surface area contributed by atoms with E-state index in [4.69, 9.17) is 0 Å². The number of carbonyl (C=O) groups is 1. The minimum atomic E-state index is -0.294. The van der Waals surface area contributed by atoms with Gasteiger partial charge in [-0.2, -0.15) is 0 Å². The molecule has 1 aliphatic rings. The van der Waals surface area contributed by atoms with Gasteiger partial charge in [0.1, 0.15) is 5.52 Å². The van der Waals surface area contributed by atoms with E-state index in [9.17, 15) is 4.79 Å². The average Bonchev–Trinajstić information content (AvgIpc) is 3.16. The molecule has 1 N–H and O–H groups in total. The summed E-state index contributed by atoms with van der Waals surface area (Å²) in [6, 6.07) is 17.7. The minimum Gasteiger partial charge on any atom is -0.308 e. The van der Waals surface area contributed by atoms with Crippen molar-refractivity contribution in [2.24, 2.45) is 0 Å². The molecule has 0 saturated carbocycles. The molecule has 0 bridgehead atoms. The highest BCUT2D eigenvalue weighted by molar-refractivity contribution is 5.87. The van der Waals surface area contributed by atoms with Crippen molar-refractivity contribution in [2.75, 3.05) is 6.54 Å². The first-order valence-electron chi connectivity index (χ1n) is 9.37. The Morgan fingerprint density at radius 1 is 1.07 bits per heavy atom. The van der Waals surface area contributed by atoms with Gasteiger partial charge in [0.15, 0.2) is 17.3 Å². The number of benzene rings is 2. The standard InChI is InChI=1S/C22H19N5O/c28-19(20-17-9-5-4-6-15(17)10-11-23-20)13-27-14-25-18-12-24-21(26-22(18)27)16-7-2-1-3-8-16/h1-9,12,14,20,23H,10-11,13H2. The summed E-state index contributed by atoms with van der Waals surface area (Å²) in [5.74, 6) is 0.731. The van der Waals surface area contributed by atoms with Crippen LogP contribution >= 0.6 is 0 Å². The highest BCUT2D eigenvalue weighted by atomic mass is 16.1. The van der Waals surface area contributed by atoms with Crippen LogP contribution in [0.3, 0.4) is 0 Å². The fraction of sp³-hybridized carbons (Fsp3) is 0.182. The Morgan fingerprint density at radius 2 is 1.89 bits per heavy atom. The van der Waals surface area contributed by atoms with E-state index in [0.29, 0.717) is 17.0 Å². The van der Waals surface area contributed by atoms with E-state index in [-0.39, 0.29) is 18.4 Å². The number of nitrogens with one attached hydrogen (secondary N) is 1. The Labute approximate surface area is 162 Å². The lowest BCUT2D eigenvalue weighted by Gasteiger charge is -2.26. The van der Waals surface area contributed by atoms with Crippen LogP contribution in [0.1, 0.15) is 17.2 Å². The molecule has 6 heteroatoms. The Kier molecular flexibility index (Phi) is 4.18. The van der Waals surface area contributed by atoms with Gasteiger partial charge < -0.3 is 9.88 Å². The Morgan fingerprint density at radius 3 is 2.79 bits per heavy atom. The van der Waals surface area contributed by atoms with Gasteiger partial charge >= 0.3 is 0 Å². The molecule has 1 unspecified atom stereocenters. The van der Waals surface area contributed by atoms with E-state index in [1.165, 1.54) is 5.56 Å². The van der Waals surface area contributed by atoms with Gasteiger partial charge in [-0.05, 0) is 17.5 Å². The second-order valence-electron chi connectivity index (χ2n) is 6.94. The molecule has 1 aliphatic heterocycles. The molecular formula is C22H19N5O. The minimum absolute atomic E-state index is 0.103. The molecular weight excluding hydrogens is 350 g/mol. The number of Topliss-reactive ketones (excluding diaryl/α,β-unsaturated/α-hetero) is 1. The number of ketones is 1. The zero-order valence-electron chi connectivity index (χ0n) is 15.2. The maximum atomic E-state index is 13.1. The zero-order valence-corrected chi connectivity index (χ0v) is 15.2. The fourth-order valence-corrected chi connectivity index (χ4v) is 3.75. The molecule has 2 aromatic carbocycles. The smallest absolute Gasteiger partial charge is 0.173 e. The van der Waals surface area contributed by atoms with Gasteiger partial charge in [0, 0.05) is 12.1 Å². The summed E-state index contributed by atoms with van der Waals surface area (Å²) in [6.45, 7) is 1.02. The molecule has 28 heavy (non-hydrogen) atoms. The monoisotopic (exact) mass is 369 g/mol. The summed E-state index contributed by atoms with van der Waals surface area (Å²) in [5, 5.41) is 3.36. The van der Waals surface area contributed by atoms with E-state index in [0.717, 1.165) is 24.1 Å². The molecule has 1 atom stereocenters. The first-order chi connectivity index (χ1) is 13.8. The number of nitrogens with zero attached hydrogens (tertiary/aromatic N) is 4. The van der Waals surface area contributed by atoms with Crippen LogP contribution in [0.15, 0.2) is 67.1 Å². The van der Waals surface area contributed by atoms with Gasteiger partial charge in [0.25, 0.3) is 0 Å². The summed E-state index contributed by atoms with van der Waals surface area (Å²) in [5.41, 5.74) is 4.61. The predicted octanol–water partition coefficient (Wildman–Crippen LogP) is 2.95. The SMILES string of the molecule is O=C(Cn1cnc2cnc(-c3ccccc3)nc21)C1NCCc2ccccc21. The second kappa shape index (κ2) is 6.98. The number of carbonyl (C=O) groups excluding carboxylic acids is 1. The van der Waals surface area contributed by atoms with Gasteiger partial charge in [-0.15, -0.1) is 0 Å². The van der Waals surface area contributed by atoms with Crippen LogP contribution < -0.4 is 5.32 Å². The van der Waals surface area contributed by atoms with Crippen molar-refractivity contribution in [1.29, 1.82) is 0 Å². The number of rotatable bonds is 4. The van der Waals surface area contributed by atoms with Crippen LogP contribution in [-0.4, -0.2) is 31.8 Å². The number of hydrogen-bond acceptors (Lipinski definition) is 5. The lowest BCUT2D eigenvalue weighted by molar-refractivity contribution is -0.121. The highest BCUT2D eigenvalue weighted by Gasteiger charge is 2.26. The highest BCUT2D eigenvalue weighted by Crippen LogP contribution is 2.24. The molecule has 0 aliphatic carbocycles. The maximum absolute atomic E-state index is 13.1. The van der Waals surface area contributed by atoms with E-state index in [1.807, 2.05) is 53.1 Å². The van der Waals surface area contributed by atoms with Gasteiger partial charge in [-0.1, -0.05) is 54.6 Å². The number of aromatic nitrogens is 4. The topological polar surface area (TPSA) is 72.7 Å². The molecule has 0 fully saturated rings. The molecule has 138 valence electrons. The van der Waals surface area contributed by atoms with Crippen LogP contribution in [-0.2, 0) is 17.8 Å². The van der Waals surface area contributed by atoms with Crippen molar-refractivity contribution in [3.05, 3.63) is 78.2 Å². The van der Waals surface area contributed by atoms with E-state index in [2.05, 4.69) is 26.3 Å². The normalized spacial score (nSPS) is 16.1. The lowest BCUT2D eigenvalue weighted by atomic mass is 9.92. The number of hydrogen-bond donors (Lipinski definition) is 1. The van der Waals surface area contributed by atoms with Gasteiger partial charge in [-0.3, -0.25) is 4.79 Å². The summed E-state index contributed by atoms with van der Waals surface area (Å²) in [7, 11) is 0. The molecule has 6 nitrogen and oxygen atoms in total. The molecule has 0 saturated heterocycles. The third-order valence-electron chi connectivity index (χ3n) is 5.15. The fourth-order valence-electron chi connectivity index (χ4n) is 3.75. The second-order valence-corrected chi connectivity index (χ2v) is 6.94. The third-order valence-corrected chi connectivity index (χ3v) is 5.15. The summed E-state index contributed by atoms with van der Waals surface area (Å²) in [6.07, 6.45) is 4.32. The third kappa shape index (κ3) is 2.97. The molecule has 5 rings (SSSR count). The average molecular weight is 369 g/mol. The first kappa shape index (κ1) is 16.8. The van der Waals surface area contributed by atoms with Crippen LogP contribution in [0.4, 0.5) is 0 Å². The Balaban J connectivity index is 1.46. The van der Waals surface area contributed by atoms with E-state index in [1.54, 1.807) is 12.5 Å². The number of imidazole rings is 1. The van der Waals surface area contributed by atoms with Crippen molar-refractivity contribution in [2.45, 2.75) is 19.0 Å². The molecule has 0 spiro atoms. The summed E-state index contributed by atoms with van der Waals surface area (Å²) in [4.78, 5) is 26.5. The van der Waals surface area contributed by atoms with Crippen molar-refractivity contribution < 1.29 is 4.79 Å². The number of fused-ring (bicyclic) bond motifs is 2.